The standard InChI is InChI=1S/C14H30N2S/c1-3-4-5-6-13(2)16-11-12-17-14-7-9-15-10-8-14/h13-16H,3-12H2,1-2H3. The molecule has 17 heavy (non-hydrogen) atoms. The van der Waals surface area contributed by atoms with Crippen molar-refractivity contribution in [3.05, 3.63) is 0 Å². The Hall–Kier alpha value is 0.270. The van der Waals surface area contributed by atoms with Crippen LogP contribution in [-0.4, -0.2) is 36.7 Å². The summed E-state index contributed by atoms with van der Waals surface area (Å²) in [5.41, 5.74) is 0. The fraction of sp³-hybridized carbons (Fsp3) is 1.00. The summed E-state index contributed by atoms with van der Waals surface area (Å²) in [6.07, 6.45) is 8.15. The minimum absolute atomic E-state index is 0.704. The normalized spacial score (nSPS) is 19.4. The molecule has 0 spiro atoms. The molecule has 1 fully saturated rings. The Morgan fingerprint density at radius 3 is 2.76 bits per heavy atom. The van der Waals surface area contributed by atoms with Crippen LogP contribution in [0.15, 0.2) is 0 Å². The molecular weight excluding hydrogens is 228 g/mol. The summed E-state index contributed by atoms with van der Waals surface area (Å²) in [4.78, 5) is 0. The van der Waals surface area contributed by atoms with E-state index in [0.717, 1.165) is 5.25 Å². The lowest BCUT2D eigenvalue weighted by Gasteiger charge is -2.22. The van der Waals surface area contributed by atoms with Gasteiger partial charge < -0.3 is 10.6 Å². The quantitative estimate of drug-likeness (QED) is 0.622. The zero-order valence-corrected chi connectivity index (χ0v) is 12.5. The van der Waals surface area contributed by atoms with Gasteiger partial charge in [-0.2, -0.15) is 11.8 Å². The SMILES string of the molecule is CCCCCC(C)NCCSC1CCNCC1. The Morgan fingerprint density at radius 1 is 1.29 bits per heavy atom. The molecule has 0 bridgehead atoms. The third kappa shape index (κ3) is 8.06. The maximum absolute atomic E-state index is 3.64. The maximum Gasteiger partial charge on any atom is 0.00716 e. The lowest BCUT2D eigenvalue weighted by molar-refractivity contribution is 0.500. The first kappa shape index (κ1) is 15.3. The Morgan fingerprint density at radius 2 is 2.06 bits per heavy atom. The van der Waals surface area contributed by atoms with Crippen LogP contribution in [0.4, 0.5) is 0 Å². The van der Waals surface area contributed by atoms with Crippen LogP contribution in [0.1, 0.15) is 52.4 Å². The Bertz CT molecular complexity index is 170. The van der Waals surface area contributed by atoms with Gasteiger partial charge in [0.2, 0.25) is 0 Å². The Kier molecular flexibility index (Phi) is 9.21. The molecule has 102 valence electrons. The van der Waals surface area contributed by atoms with Crippen molar-refractivity contribution in [1.29, 1.82) is 0 Å². The number of unbranched alkanes of at least 4 members (excludes halogenated alkanes) is 2. The maximum atomic E-state index is 3.64. The van der Waals surface area contributed by atoms with Gasteiger partial charge in [0.15, 0.2) is 0 Å². The van der Waals surface area contributed by atoms with E-state index in [1.54, 1.807) is 0 Å². The summed E-state index contributed by atoms with van der Waals surface area (Å²) >= 11 is 2.17. The van der Waals surface area contributed by atoms with E-state index in [9.17, 15) is 0 Å². The van der Waals surface area contributed by atoms with Crippen LogP contribution in [0, 0.1) is 0 Å². The fourth-order valence-corrected chi connectivity index (χ4v) is 3.43. The molecule has 1 rings (SSSR count). The number of hydrogen-bond donors (Lipinski definition) is 2. The van der Waals surface area contributed by atoms with Crippen LogP contribution in [0.25, 0.3) is 0 Å². The second kappa shape index (κ2) is 10.2. The van der Waals surface area contributed by atoms with Gasteiger partial charge in [0.1, 0.15) is 0 Å². The van der Waals surface area contributed by atoms with Gasteiger partial charge in [-0.15, -0.1) is 0 Å². The molecule has 0 aromatic carbocycles. The van der Waals surface area contributed by atoms with E-state index in [4.69, 9.17) is 0 Å². The summed E-state index contributed by atoms with van der Waals surface area (Å²) in [6, 6.07) is 0.704. The molecule has 0 aromatic rings. The van der Waals surface area contributed by atoms with Crippen LogP contribution in [-0.2, 0) is 0 Å². The fourth-order valence-electron chi connectivity index (χ4n) is 2.30. The smallest absolute Gasteiger partial charge is 0.00716 e. The van der Waals surface area contributed by atoms with Crippen LogP contribution in [0.3, 0.4) is 0 Å². The van der Waals surface area contributed by atoms with Gasteiger partial charge in [0, 0.05) is 23.6 Å². The first-order chi connectivity index (χ1) is 8.33. The molecule has 1 heterocycles. The summed E-state index contributed by atoms with van der Waals surface area (Å²) in [5, 5.41) is 7.98. The van der Waals surface area contributed by atoms with Gasteiger partial charge in [-0.1, -0.05) is 26.2 Å². The first-order valence-electron chi connectivity index (χ1n) is 7.38. The highest BCUT2D eigenvalue weighted by Gasteiger charge is 2.12. The van der Waals surface area contributed by atoms with Crippen LogP contribution >= 0.6 is 11.8 Å². The second-order valence-corrected chi connectivity index (χ2v) is 6.58. The minimum atomic E-state index is 0.704. The molecular formula is C14H30N2S. The summed E-state index contributed by atoms with van der Waals surface area (Å²) in [6.45, 7) is 8.22. The molecule has 2 nitrogen and oxygen atoms in total. The number of nitrogens with one attached hydrogen (secondary N) is 2. The van der Waals surface area contributed by atoms with Crippen LogP contribution < -0.4 is 10.6 Å². The largest absolute Gasteiger partial charge is 0.317 e. The van der Waals surface area contributed by atoms with Gasteiger partial charge >= 0.3 is 0 Å². The second-order valence-electron chi connectivity index (χ2n) is 5.17. The van der Waals surface area contributed by atoms with E-state index < -0.39 is 0 Å². The lowest BCUT2D eigenvalue weighted by atomic mass is 10.1. The zero-order chi connectivity index (χ0) is 12.3. The summed E-state index contributed by atoms with van der Waals surface area (Å²) in [5.74, 6) is 1.28. The monoisotopic (exact) mass is 258 g/mol. The van der Waals surface area contributed by atoms with E-state index in [2.05, 4.69) is 36.2 Å². The number of rotatable bonds is 9. The molecule has 1 aliphatic rings. The van der Waals surface area contributed by atoms with Gasteiger partial charge in [0.05, 0.1) is 0 Å². The molecule has 3 heteroatoms. The molecule has 1 unspecified atom stereocenters. The number of thioether (sulfide) groups is 1. The minimum Gasteiger partial charge on any atom is -0.317 e. The van der Waals surface area contributed by atoms with Crippen molar-refractivity contribution in [2.75, 3.05) is 25.4 Å². The molecule has 0 saturated carbocycles. The molecule has 0 amide bonds. The summed E-state index contributed by atoms with van der Waals surface area (Å²) in [7, 11) is 0. The highest BCUT2D eigenvalue weighted by molar-refractivity contribution is 7.99. The van der Waals surface area contributed by atoms with E-state index in [-0.39, 0.29) is 0 Å². The molecule has 1 aliphatic heterocycles. The van der Waals surface area contributed by atoms with Crippen LogP contribution in [0.5, 0.6) is 0 Å². The molecule has 1 saturated heterocycles. The van der Waals surface area contributed by atoms with E-state index in [1.807, 2.05) is 0 Å². The third-order valence-corrected chi connectivity index (χ3v) is 4.86. The molecule has 1 atom stereocenters. The molecule has 0 radical (unpaired) electrons. The molecule has 2 N–H and O–H groups in total. The van der Waals surface area contributed by atoms with E-state index in [0.29, 0.717) is 6.04 Å². The predicted octanol–water partition coefficient (Wildman–Crippen LogP) is 3.03. The number of piperidine rings is 1. The summed E-state index contributed by atoms with van der Waals surface area (Å²) < 4.78 is 0. The Balaban J connectivity index is 1.88. The number of hydrogen-bond acceptors (Lipinski definition) is 3. The average Bonchev–Trinajstić information content (AvgIpc) is 2.36. The van der Waals surface area contributed by atoms with Gasteiger partial charge in [-0.3, -0.25) is 0 Å². The van der Waals surface area contributed by atoms with Crippen molar-refractivity contribution in [2.45, 2.75) is 63.7 Å². The van der Waals surface area contributed by atoms with Crippen molar-refractivity contribution in [2.24, 2.45) is 0 Å². The Labute approximate surface area is 112 Å². The van der Waals surface area contributed by atoms with Crippen molar-refractivity contribution in [1.82, 2.24) is 10.6 Å². The topological polar surface area (TPSA) is 24.1 Å². The van der Waals surface area contributed by atoms with Crippen molar-refractivity contribution < 1.29 is 0 Å². The molecule has 0 aliphatic carbocycles. The van der Waals surface area contributed by atoms with Crippen molar-refractivity contribution in [3.8, 4) is 0 Å². The molecule has 0 aromatic heterocycles. The predicted molar refractivity (Wildman–Crippen MR) is 80.0 cm³/mol. The van der Waals surface area contributed by atoms with E-state index in [1.165, 1.54) is 63.9 Å². The lowest BCUT2D eigenvalue weighted by Crippen LogP contribution is -2.31. The van der Waals surface area contributed by atoms with Gasteiger partial charge in [0.25, 0.3) is 0 Å². The van der Waals surface area contributed by atoms with Crippen molar-refractivity contribution >= 4 is 11.8 Å². The van der Waals surface area contributed by atoms with Crippen LogP contribution in [0.2, 0.25) is 0 Å². The zero-order valence-electron chi connectivity index (χ0n) is 11.6. The first-order valence-corrected chi connectivity index (χ1v) is 8.43. The van der Waals surface area contributed by atoms with E-state index >= 15 is 0 Å². The third-order valence-electron chi connectivity index (χ3n) is 3.48. The van der Waals surface area contributed by atoms with Gasteiger partial charge in [-0.25, -0.2) is 0 Å². The average molecular weight is 258 g/mol. The highest BCUT2D eigenvalue weighted by atomic mass is 32.2. The van der Waals surface area contributed by atoms with Crippen molar-refractivity contribution in [3.63, 3.8) is 0 Å². The van der Waals surface area contributed by atoms with Gasteiger partial charge in [-0.05, 0) is 39.3 Å². The highest BCUT2D eigenvalue weighted by Crippen LogP contribution is 2.19.